The second-order valence-corrected chi connectivity index (χ2v) is 4.28. The average molecular weight is 236 g/mol. The van der Waals surface area contributed by atoms with Gasteiger partial charge in [0.25, 0.3) is 0 Å². The van der Waals surface area contributed by atoms with Gasteiger partial charge in [0, 0.05) is 19.6 Å². The summed E-state index contributed by atoms with van der Waals surface area (Å²) >= 11 is 0. The van der Waals surface area contributed by atoms with E-state index >= 15 is 0 Å². The molecule has 0 aromatic heterocycles. The molecule has 0 aliphatic carbocycles. The Morgan fingerprint density at radius 3 is 2.59 bits per heavy atom. The zero-order valence-corrected chi connectivity index (χ0v) is 10.0. The van der Waals surface area contributed by atoms with Crippen LogP contribution in [-0.2, 0) is 9.57 Å². The molecule has 2 N–H and O–H groups in total. The van der Waals surface area contributed by atoms with Gasteiger partial charge in [0.15, 0.2) is 0 Å². The molecule has 94 valence electrons. The molecule has 0 bridgehead atoms. The summed E-state index contributed by atoms with van der Waals surface area (Å²) in [6, 6.07) is 10.1. The van der Waals surface area contributed by atoms with E-state index in [9.17, 15) is 0 Å². The van der Waals surface area contributed by atoms with Crippen LogP contribution in [0.3, 0.4) is 0 Å². The lowest BCUT2D eigenvalue weighted by atomic mass is 10.1. The van der Waals surface area contributed by atoms with Crippen LogP contribution >= 0.6 is 0 Å². The van der Waals surface area contributed by atoms with Gasteiger partial charge in [-0.2, -0.15) is 0 Å². The Morgan fingerprint density at radius 2 is 1.94 bits per heavy atom. The highest BCUT2D eigenvalue weighted by Crippen LogP contribution is 2.19. The van der Waals surface area contributed by atoms with Crippen LogP contribution < -0.4 is 5.90 Å². The van der Waals surface area contributed by atoms with Crippen molar-refractivity contribution in [1.82, 2.24) is 4.90 Å². The maximum atomic E-state index is 5.38. The van der Waals surface area contributed by atoms with Gasteiger partial charge in [-0.05, 0) is 12.0 Å². The van der Waals surface area contributed by atoms with Gasteiger partial charge in [-0.25, -0.2) is 5.90 Å². The molecule has 4 nitrogen and oxygen atoms in total. The molecule has 1 saturated heterocycles. The van der Waals surface area contributed by atoms with Crippen LogP contribution in [-0.4, -0.2) is 37.7 Å². The molecule has 1 aliphatic heterocycles. The standard InChI is InChI=1S/C13H20N2O2/c14-17-13(12-4-2-1-3-5-12)6-7-15-8-10-16-11-9-15/h1-5,13H,6-11,14H2. The van der Waals surface area contributed by atoms with Gasteiger partial charge < -0.3 is 4.74 Å². The van der Waals surface area contributed by atoms with Gasteiger partial charge >= 0.3 is 0 Å². The van der Waals surface area contributed by atoms with Crippen LogP contribution in [0, 0.1) is 0 Å². The first kappa shape index (κ1) is 12.5. The molecule has 1 unspecified atom stereocenters. The molecule has 1 heterocycles. The quantitative estimate of drug-likeness (QED) is 0.784. The van der Waals surface area contributed by atoms with Gasteiger partial charge in [0.2, 0.25) is 0 Å². The molecule has 0 radical (unpaired) electrons. The van der Waals surface area contributed by atoms with Crippen LogP contribution in [0.25, 0.3) is 0 Å². The number of rotatable bonds is 5. The molecule has 0 saturated carbocycles. The third-order valence-electron chi connectivity index (χ3n) is 3.15. The molecule has 17 heavy (non-hydrogen) atoms. The predicted octanol–water partition coefficient (Wildman–Crippen LogP) is 1.34. The van der Waals surface area contributed by atoms with Crippen molar-refractivity contribution < 1.29 is 9.57 Å². The van der Waals surface area contributed by atoms with E-state index in [1.54, 1.807) is 0 Å². The second-order valence-electron chi connectivity index (χ2n) is 4.28. The van der Waals surface area contributed by atoms with E-state index in [1.165, 1.54) is 0 Å². The van der Waals surface area contributed by atoms with Crippen LogP contribution in [0.15, 0.2) is 30.3 Å². The van der Waals surface area contributed by atoms with Crippen molar-refractivity contribution in [1.29, 1.82) is 0 Å². The van der Waals surface area contributed by atoms with E-state index in [0.29, 0.717) is 0 Å². The molecule has 1 atom stereocenters. The van der Waals surface area contributed by atoms with Crippen molar-refractivity contribution in [3.63, 3.8) is 0 Å². The van der Waals surface area contributed by atoms with Gasteiger partial charge in [-0.15, -0.1) is 0 Å². The molecule has 0 amide bonds. The molecule has 2 rings (SSSR count). The molecule has 1 fully saturated rings. The summed E-state index contributed by atoms with van der Waals surface area (Å²) in [6.07, 6.45) is 0.902. The molecule has 1 aromatic carbocycles. The van der Waals surface area contributed by atoms with Gasteiger partial charge in [0.05, 0.1) is 13.2 Å². The van der Waals surface area contributed by atoms with E-state index in [-0.39, 0.29) is 6.10 Å². The van der Waals surface area contributed by atoms with E-state index in [1.807, 2.05) is 18.2 Å². The highest BCUT2D eigenvalue weighted by molar-refractivity contribution is 5.17. The molecular formula is C13H20N2O2. The predicted molar refractivity (Wildman–Crippen MR) is 66.3 cm³/mol. The Morgan fingerprint density at radius 1 is 1.24 bits per heavy atom. The summed E-state index contributed by atoms with van der Waals surface area (Å²) in [5, 5.41) is 0. The third kappa shape index (κ3) is 3.78. The Bertz CT molecular complexity index is 312. The summed E-state index contributed by atoms with van der Waals surface area (Å²) < 4.78 is 5.32. The normalized spacial score (nSPS) is 19.1. The van der Waals surface area contributed by atoms with Gasteiger partial charge in [-0.1, -0.05) is 30.3 Å². The van der Waals surface area contributed by atoms with Crippen LogP contribution in [0.1, 0.15) is 18.1 Å². The van der Waals surface area contributed by atoms with Crippen molar-refractivity contribution >= 4 is 0 Å². The maximum Gasteiger partial charge on any atom is 0.105 e. The number of nitrogens with two attached hydrogens (primary N) is 1. The van der Waals surface area contributed by atoms with Crippen molar-refractivity contribution in [2.45, 2.75) is 12.5 Å². The fourth-order valence-electron chi connectivity index (χ4n) is 2.11. The first-order valence-corrected chi connectivity index (χ1v) is 6.11. The number of nitrogens with zero attached hydrogens (tertiary/aromatic N) is 1. The lowest BCUT2D eigenvalue weighted by Gasteiger charge is -2.27. The van der Waals surface area contributed by atoms with E-state index in [2.05, 4.69) is 17.0 Å². The minimum atomic E-state index is -0.0148. The zero-order valence-electron chi connectivity index (χ0n) is 10.0. The molecule has 1 aromatic rings. The molecule has 1 aliphatic rings. The Hall–Kier alpha value is -0.940. The summed E-state index contributed by atoms with van der Waals surface area (Å²) in [5.41, 5.74) is 1.14. The Kier molecular flexibility index (Phi) is 4.94. The largest absolute Gasteiger partial charge is 0.379 e. The molecule has 0 spiro atoms. The number of benzene rings is 1. The minimum Gasteiger partial charge on any atom is -0.379 e. The maximum absolute atomic E-state index is 5.38. The smallest absolute Gasteiger partial charge is 0.105 e. The van der Waals surface area contributed by atoms with Crippen molar-refractivity contribution in [3.05, 3.63) is 35.9 Å². The summed E-state index contributed by atoms with van der Waals surface area (Å²) in [7, 11) is 0. The highest BCUT2D eigenvalue weighted by Gasteiger charge is 2.15. The first-order chi connectivity index (χ1) is 8.40. The van der Waals surface area contributed by atoms with E-state index < -0.39 is 0 Å². The summed E-state index contributed by atoms with van der Waals surface area (Å²) in [6.45, 7) is 4.68. The Labute approximate surface area is 102 Å². The van der Waals surface area contributed by atoms with Crippen LogP contribution in [0.5, 0.6) is 0 Å². The number of hydrogen-bond acceptors (Lipinski definition) is 4. The first-order valence-electron chi connectivity index (χ1n) is 6.11. The third-order valence-corrected chi connectivity index (χ3v) is 3.15. The lowest BCUT2D eigenvalue weighted by Crippen LogP contribution is -2.37. The van der Waals surface area contributed by atoms with Crippen LogP contribution in [0.2, 0.25) is 0 Å². The monoisotopic (exact) mass is 236 g/mol. The SMILES string of the molecule is NOC(CCN1CCOCC1)c1ccccc1. The fraction of sp³-hybridized carbons (Fsp3) is 0.538. The van der Waals surface area contributed by atoms with Crippen molar-refractivity contribution in [2.75, 3.05) is 32.8 Å². The number of ether oxygens (including phenoxy) is 1. The van der Waals surface area contributed by atoms with Crippen LogP contribution in [0.4, 0.5) is 0 Å². The van der Waals surface area contributed by atoms with E-state index in [4.69, 9.17) is 15.5 Å². The summed E-state index contributed by atoms with van der Waals surface area (Å²) in [4.78, 5) is 7.46. The second kappa shape index (κ2) is 6.71. The number of hydrogen-bond donors (Lipinski definition) is 1. The molecule has 4 heteroatoms. The topological polar surface area (TPSA) is 47.7 Å². The Balaban J connectivity index is 1.83. The van der Waals surface area contributed by atoms with E-state index in [0.717, 1.165) is 44.8 Å². The fourth-order valence-corrected chi connectivity index (χ4v) is 2.11. The van der Waals surface area contributed by atoms with Crippen molar-refractivity contribution in [2.24, 2.45) is 5.90 Å². The molecular weight excluding hydrogens is 216 g/mol. The van der Waals surface area contributed by atoms with Gasteiger partial charge in [0.1, 0.15) is 6.10 Å². The zero-order chi connectivity index (χ0) is 11.9. The summed E-state index contributed by atoms with van der Waals surface area (Å²) in [5.74, 6) is 5.38. The minimum absolute atomic E-state index is 0.0148. The highest BCUT2D eigenvalue weighted by atomic mass is 16.6. The lowest BCUT2D eigenvalue weighted by molar-refractivity contribution is 0.0116. The number of morpholine rings is 1. The van der Waals surface area contributed by atoms with Crippen molar-refractivity contribution in [3.8, 4) is 0 Å². The average Bonchev–Trinajstić information content (AvgIpc) is 2.42. The van der Waals surface area contributed by atoms with Gasteiger partial charge in [-0.3, -0.25) is 9.74 Å².